The molecule has 0 radical (unpaired) electrons. The highest BCUT2D eigenvalue weighted by molar-refractivity contribution is 6.35. The molecule has 1 fully saturated rings. The fourth-order valence-corrected chi connectivity index (χ4v) is 4.33. The topological polar surface area (TPSA) is 29.5 Å². The Morgan fingerprint density at radius 1 is 1.00 bits per heavy atom. The third kappa shape index (κ3) is 4.82. The molecule has 5 heteroatoms. The van der Waals surface area contributed by atoms with E-state index in [4.69, 9.17) is 16.3 Å². The Kier molecular flexibility index (Phi) is 6.66. The van der Waals surface area contributed by atoms with Crippen LogP contribution in [0.25, 0.3) is 10.8 Å². The highest BCUT2D eigenvalue weighted by Crippen LogP contribution is 2.31. The van der Waals surface area contributed by atoms with Gasteiger partial charge < -0.3 is 9.64 Å². The van der Waals surface area contributed by atoms with E-state index in [1.807, 2.05) is 36.4 Å². The summed E-state index contributed by atoms with van der Waals surface area (Å²) in [6.45, 7) is 3.39. The van der Waals surface area contributed by atoms with Crippen molar-refractivity contribution in [3.8, 4) is 5.75 Å². The number of nitrogens with zero attached hydrogens (tertiary/aromatic N) is 1. The second-order valence-corrected chi connectivity index (χ2v) is 8.19. The van der Waals surface area contributed by atoms with Crippen molar-refractivity contribution in [3.63, 3.8) is 0 Å². The smallest absolute Gasteiger partial charge is 0.166 e. The van der Waals surface area contributed by atoms with Crippen LogP contribution in [0.5, 0.6) is 5.75 Å². The molecule has 0 saturated carbocycles. The Morgan fingerprint density at radius 3 is 2.43 bits per heavy atom. The van der Waals surface area contributed by atoms with E-state index in [0.717, 1.165) is 60.4 Å². The molecule has 0 atom stereocenters. The van der Waals surface area contributed by atoms with Crippen molar-refractivity contribution in [1.82, 2.24) is 4.90 Å². The third-order valence-electron chi connectivity index (χ3n) is 5.79. The minimum absolute atomic E-state index is 0.0309. The molecule has 3 nitrogen and oxygen atoms in total. The monoisotopic (exact) mass is 425 g/mol. The summed E-state index contributed by atoms with van der Waals surface area (Å²) in [6, 6.07) is 17.7. The number of benzene rings is 3. The zero-order valence-electron chi connectivity index (χ0n) is 16.8. The molecular weight excluding hydrogens is 401 g/mol. The summed E-state index contributed by atoms with van der Waals surface area (Å²) in [5, 5.41) is 2.77. The maximum absolute atomic E-state index is 13.1. The molecule has 1 aliphatic rings. The van der Waals surface area contributed by atoms with Crippen LogP contribution in [0.4, 0.5) is 4.39 Å². The van der Waals surface area contributed by atoms with Crippen LogP contribution in [0.3, 0.4) is 0 Å². The second-order valence-electron chi connectivity index (χ2n) is 7.78. The van der Waals surface area contributed by atoms with Gasteiger partial charge in [0.2, 0.25) is 0 Å². The first kappa shape index (κ1) is 20.8. The number of ketones is 1. The van der Waals surface area contributed by atoms with E-state index in [1.54, 1.807) is 12.1 Å². The number of likely N-dealkylation sites (tertiary alicyclic amines) is 1. The van der Waals surface area contributed by atoms with Gasteiger partial charge in [-0.25, -0.2) is 4.39 Å². The molecule has 3 aromatic rings. The van der Waals surface area contributed by atoms with Crippen LogP contribution in [0.2, 0.25) is 5.02 Å². The Bertz CT molecular complexity index is 1010. The van der Waals surface area contributed by atoms with Crippen molar-refractivity contribution in [2.24, 2.45) is 5.92 Å². The van der Waals surface area contributed by atoms with Gasteiger partial charge in [-0.3, -0.25) is 4.79 Å². The lowest BCUT2D eigenvalue weighted by Gasteiger charge is -2.31. The number of halogens is 2. The fraction of sp³-hybridized carbons (Fsp3) is 0.320. The number of hydrogen-bond acceptors (Lipinski definition) is 3. The van der Waals surface area contributed by atoms with E-state index in [2.05, 4.69) is 4.90 Å². The molecule has 0 bridgehead atoms. The van der Waals surface area contributed by atoms with Gasteiger partial charge in [0.25, 0.3) is 0 Å². The van der Waals surface area contributed by atoms with E-state index < -0.39 is 0 Å². The molecule has 0 unspecified atom stereocenters. The first-order valence-electron chi connectivity index (χ1n) is 10.4. The van der Waals surface area contributed by atoms with Gasteiger partial charge in [-0.2, -0.15) is 0 Å². The highest BCUT2D eigenvalue weighted by Gasteiger charge is 2.25. The van der Waals surface area contributed by atoms with E-state index in [9.17, 15) is 9.18 Å². The molecule has 156 valence electrons. The molecule has 1 saturated heterocycles. The summed E-state index contributed by atoms with van der Waals surface area (Å²) >= 11 is 6.27. The first-order chi connectivity index (χ1) is 14.6. The van der Waals surface area contributed by atoms with Gasteiger partial charge in [-0.15, -0.1) is 0 Å². The Hall–Kier alpha value is -2.43. The summed E-state index contributed by atoms with van der Waals surface area (Å²) in [5.41, 5.74) is 0.610. The Balaban J connectivity index is 1.23. The number of hydrogen-bond donors (Lipinski definition) is 0. The van der Waals surface area contributed by atoms with Crippen molar-refractivity contribution >= 4 is 28.2 Å². The lowest BCUT2D eigenvalue weighted by molar-refractivity contribution is 0.0835. The van der Waals surface area contributed by atoms with E-state index in [0.29, 0.717) is 12.2 Å². The molecule has 0 aromatic heterocycles. The maximum Gasteiger partial charge on any atom is 0.166 e. The zero-order chi connectivity index (χ0) is 20.9. The molecule has 0 amide bonds. The standard InChI is InChI=1S/C25H25ClFNO2/c26-23-10-11-24(22-5-2-1-4-21(22)23)30-17-3-14-28-15-12-19(13-16-28)25(29)18-6-8-20(27)9-7-18/h1-2,4-11,19H,3,12-17H2. The van der Waals surface area contributed by atoms with Crippen molar-refractivity contribution < 1.29 is 13.9 Å². The van der Waals surface area contributed by atoms with Gasteiger partial charge in [0.15, 0.2) is 5.78 Å². The summed E-state index contributed by atoms with van der Waals surface area (Å²) in [6.07, 6.45) is 2.62. The highest BCUT2D eigenvalue weighted by atomic mass is 35.5. The molecule has 3 aromatic carbocycles. The predicted octanol–water partition coefficient (Wildman–Crippen LogP) is 6.00. The average molecular weight is 426 g/mol. The third-order valence-corrected chi connectivity index (χ3v) is 6.12. The van der Waals surface area contributed by atoms with Gasteiger partial charge in [-0.05, 0) is 68.8 Å². The summed E-state index contributed by atoms with van der Waals surface area (Å²) in [4.78, 5) is 15.0. The van der Waals surface area contributed by atoms with Crippen LogP contribution in [0, 0.1) is 11.7 Å². The van der Waals surface area contributed by atoms with Crippen LogP contribution >= 0.6 is 11.6 Å². The van der Waals surface area contributed by atoms with Crippen LogP contribution in [0.15, 0.2) is 60.7 Å². The number of piperidine rings is 1. The molecule has 0 N–H and O–H groups in total. The number of rotatable bonds is 7. The van der Waals surface area contributed by atoms with E-state index >= 15 is 0 Å². The SMILES string of the molecule is O=C(c1ccc(F)cc1)C1CCN(CCCOc2ccc(Cl)c3ccccc23)CC1. The Morgan fingerprint density at radius 2 is 1.70 bits per heavy atom. The van der Waals surface area contributed by atoms with Gasteiger partial charge >= 0.3 is 0 Å². The van der Waals surface area contributed by atoms with Crippen LogP contribution in [-0.2, 0) is 0 Å². The minimum atomic E-state index is -0.310. The summed E-state index contributed by atoms with van der Waals surface area (Å²) in [7, 11) is 0. The zero-order valence-corrected chi connectivity index (χ0v) is 17.6. The lowest BCUT2D eigenvalue weighted by atomic mass is 9.89. The second kappa shape index (κ2) is 9.59. The molecule has 0 spiro atoms. The van der Waals surface area contributed by atoms with Crippen molar-refractivity contribution in [3.05, 3.63) is 77.1 Å². The number of carbonyl (C=O) groups is 1. The fourth-order valence-electron chi connectivity index (χ4n) is 4.10. The number of carbonyl (C=O) groups excluding carboxylic acids is 1. The van der Waals surface area contributed by atoms with E-state index in [1.165, 1.54) is 12.1 Å². The van der Waals surface area contributed by atoms with Crippen LogP contribution < -0.4 is 4.74 Å². The molecule has 1 aliphatic heterocycles. The van der Waals surface area contributed by atoms with Gasteiger partial charge in [-0.1, -0.05) is 35.9 Å². The quantitative estimate of drug-likeness (QED) is 0.343. The molecular formula is C25H25ClFNO2. The van der Waals surface area contributed by atoms with Crippen molar-refractivity contribution in [1.29, 1.82) is 0 Å². The maximum atomic E-state index is 13.1. The normalized spacial score (nSPS) is 15.4. The number of fused-ring (bicyclic) bond motifs is 1. The predicted molar refractivity (Wildman–Crippen MR) is 119 cm³/mol. The first-order valence-corrected chi connectivity index (χ1v) is 10.8. The van der Waals surface area contributed by atoms with Crippen LogP contribution in [0.1, 0.15) is 29.6 Å². The molecule has 0 aliphatic carbocycles. The molecule has 30 heavy (non-hydrogen) atoms. The number of Topliss-reactive ketones (excluding diaryl/α,β-unsaturated/α-hetero) is 1. The summed E-state index contributed by atoms with van der Waals surface area (Å²) < 4.78 is 19.1. The molecule has 4 rings (SSSR count). The largest absolute Gasteiger partial charge is 0.493 e. The van der Waals surface area contributed by atoms with Gasteiger partial charge in [0.05, 0.1) is 6.61 Å². The summed E-state index contributed by atoms with van der Waals surface area (Å²) in [5.74, 6) is 0.713. The minimum Gasteiger partial charge on any atom is -0.493 e. The van der Waals surface area contributed by atoms with Gasteiger partial charge in [0, 0.05) is 33.8 Å². The Labute approximate surface area is 181 Å². The van der Waals surface area contributed by atoms with Gasteiger partial charge in [0.1, 0.15) is 11.6 Å². The molecule has 1 heterocycles. The lowest BCUT2D eigenvalue weighted by Crippen LogP contribution is -2.37. The van der Waals surface area contributed by atoms with Crippen LogP contribution in [-0.4, -0.2) is 36.9 Å². The average Bonchev–Trinajstić information content (AvgIpc) is 2.79. The van der Waals surface area contributed by atoms with Crippen molar-refractivity contribution in [2.75, 3.05) is 26.2 Å². The number of ether oxygens (including phenoxy) is 1. The van der Waals surface area contributed by atoms with E-state index in [-0.39, 0.29) is 17.5 Å². The van der Waals surface area contributed by atoms with Crippen molar-refractivity contribution in [2.45, 2.75) is 19.3 Å².